The molecule has 110 valence electrons. The standard InChI is InChI=1S/C15H17ClN4O/c1-15(2,3)14-18-11(16)8-12(20-14)19-13(21)9-4-6-10(17)7-5-9/h4-8H,17H2,1-3H3,(H,18,19,20,21). The van der Waals surface area contributed by atoms with Crippen molar-refractivity contribution in [2.75, 3.05) is 11.1 Å². The number of amides is 1. The lowest BCUT2D eigenvalue weighted by molar-refractivity contribution is 0.102. The highest BCUT2D eigenvalue weighted by molar-refractivity contribution is 6.29. The molecule has 0 saturated carbocycles. The van der Waals surface area contributed by atoms with Gasteiger partial charge in [-0.2, -0.15) is 0 Å². The molecule has 5 nitrogen and oxygen atoms in total. The first kappa shape index (κ1) is 15.3. The summed E-state index contributed by atoms with van der Waals surface area (Å²) in [5.41, 5.74) is 6.44. The van der Waals surface area contributed by atoms with E-state index in [9.17, 15) is 4.79 Å². The highest BCUT2D eigenvalue weighted by Gasteiger charge is 2.19. The minimum atomic E-state index is -0.273. The fourth-order valence-electron chi connectivity index (χ4n) is 1.64. The van der Waals surface area contributed by atoms with E-state index in [1.54, 1.807) is 24.3 Å². The van der Waals surface area contributed by atoms with Crippen molar-refractivity contribution >= 4 is 29.0 Å². The van der Waals surface area contributed by atoms with Crippen LogP contribution in [0.2, 0.25) is 5.15 Å². The highest BCUT2D eigenvalue weighted by Crippen LogP contribution is 2.22. The second kappa shape index (κ2) is 5.69. The number of benzene rings is 1. The zero-order valence-electron chi connectivity index (χ0n) is 12.1. The van der Waals surface area contributed by atoms with E-state index < -0.39 is 0 Å². The van der Waals surface area contributed by atoms with Gasteiger partial charge in [0.05, 0.1) is 0 Å². The summed E-state index contributed by atoms with van der Waals surface area (Å²) in [6.07, 6.45) is 0. The molecule has 1 aromatic carbocycles. The number of halogens is 1. The van der Waals surface area contributed by atoms with Gasteiger partial charge in [0.1, 0.15) is 16.8 Å². The number of hydrogen-bond acceptors (Lipinski definition) is 4. The SMILES string of the molecule is CC(C)(C)c1nc(Cl)cc(NC(=O)c2ccc(N)cc2)n1. The lowest BCUT2D eigenvalue weighted by Gasteiger charge is -2.17. The largest absolute Gasteiger partial charge is 0.399 e. The predicted octanol–water partition coefficient (Wildman–Crippen LogP) is 3.26. The van der Waals surface area contributed by atoms with Gasteiger partial charge in [-0.3, -0.25) is 4.79 Å². The van der Waals surface area contributed by atoms with Gasteiger partial charge in [-0.15, -0.1) is 0 Å². The molecule has 0 radical (unpaired) electrons. The molecule has 0 aliphatic carbocycles. The molecule has 2 rings (SSSR count). The number of anilines is 2. The number of hydrogen-bond donors (Lipinski definition) is 2. The van der Waals surface area contributed by atoms with E-state index in [4.69, 9.17) is 17.3 Å². The third-order valence-electron chi connectivity index (χ3n) is 2.78. The second-order valence-corrected chi connectivity index (χ2v) is 6.11. The molecule has 1 amide bonds. The first-order valence-corrected chi connectivity index (χ1v) is 6.85. The zero-order valence-corrected chi connectivity index (χ0v) is 12.9. The Morgan fingerprint density at radius 2 is 1.81 bits per heavy atom. The van der Waals surface area contributed by atoms with Crippen LogP contribution in [0.4, 0.5) is 11.5 Å². The number of rotatable bonds is 2. The molecule has 0 fully saturated rings. The Morgan fingerprint density at radius 1 is 1.19 bits per heavy atom. The van der Waals surface area contributed by atoms with Gasteiger partial charge in [-0.05, 0) is 24.3 Å². The van der Waals surface area contributed by atoms with Crippen LogP contribution in [0.3, 0.4) is 0 Å². The predicted molar refractivity (Wildman–Crippen MR) is 84.5 cm³/mol. The van der Waals surface area contributed by atoms with Gasteiger partial charge >= 0.3 is 0 Å². The quantitative estimate of drug-likeness (QED) is 0.659. The summed E-state index contributed by atoms with van der Waals surface area (Å²) >= 11 is 5.99. The van der Waals surface area contributed by atoms with Crippen LogP contribution in [0.1, 0.15) is 37.0 Å². The van der Waals surface area contributed by atoms with Crippen molar-refractivity contribution in [1.29, 1.82) is 0 Å². The molecule has 0 spiro atoms. The molecular formula is C15H17ClN4O. The van der Waals surface area contributed by atoms with Crippen LogP contribution in [-0.2, 0) is 5.41 Å². The fraction of sp³-hybridized carbons (Fsp3) is 0.267. The minimum Gasteiger partial charge on any atom is -0.399 e. The molecule has 0 unspecified atom stereocenters. The third-order valence-corrected chi connectivity index (χ3v) is 2.97. The lowest BCUT2D eigenvalue weighted by Crippen LogP contribution is -2.19. The molecule has 0 atom stereocenters. The summed E-state index contributed by atoms with van der Waals surface area (Å²) in [7, 11) is 0. The normalized spacial score (nSPS) is 11.2. The average Bonchev–Trinajstić information content (AvgIpc) is 2.37. The number of nitrogens with two attached hydrogens (primary N) is 1. The van der Waals surface area contributed by atoms with E-state index in [0.717, 1.165) is 0 Å². The van der Waals surface area contributed by atoms with Crippen LogP contribution < -0.4 is 11.1 Å². The Kier molecular flexibility index (Phi) is 4.14. The molecule has 3 N–H and O–H groups in total. The van der Waals surface area contributed by atoms with Gasteiger partial charge in [0.25, 0.3) is 5.91 Å². The smallest absolute Gasteiger partial charge is 0.256 e. The van der Waals surface area contributed by atoms with Crippen LogP contribution in [0.15, 0.2) is 30.3 Å². The molecule has 6 heteroatoms. The summed E-state index contributed by atoms with van der Waals surface area (Å²) in [6.45, 7) is 5.93. The number of aromatic nitrogens is 2. The molecule has 1 aromatic heterocycles. The van der Waals surface area contributed by atoms with E-state index in [1.165, 1.54) is 6.07 Å². The molecule has 0 aliphatic rings. The van der Waals surface area contributed by atoms with Gasteiger partial charge in [0, 0.05) is 22.7 Å². The summed E-state index contributed by atoms with van der Waals surface area (Å²) in [5.74, 6) is 0.675. The topological polar surface area (TPSA) is 80.9 Å². The maximum absolute atomic E-state index is 12.1. The first-order valence-electron chi connectivity index (χ1n) is 6.47. The van der Waals surface area contributed by atoms with Crippen molar-refractivity contribution in [3.63, 3.8) is 0 Å². The molecule has 21 heavy (non-hydrogen) atoms. The summed E-state index contributed by atoms with van der Waals surface area (Å²) in [5, 5.41) is 3.01. The maximum Gasteiger partial charge on any atom is 0.256 e. The lowest BCUT2D eigenvalue weighted by atomic mass is 9.96. The zero-order chi connectivity index (χ0) is 15.6. The molecule has 2 aromatic rings. The van der Waals surface area contributed by atoms with Crippen LogP contribution in [0.5, 0.6) is 0 Å². The average molecular weight is 305 g/mol. The minimum absolute atomic E-state index is 0.258. The number of nitrogen functional groups attached to an aromatic ring is 1. The molecule has 0 bridgehead atoms. The highest BCUT2D eigenvalue weighted by atomic mass is 35.5. The number of carbonyl (C=O) groups is 1. The van der Waals surface area contributed by atoms with Crippen LogP contribution in [-0.4, -0.2) is 15.9 Å². The number of carbonyl (C=O) groups excluding carboxylic acids is 1. The Morgan fingerprint density at radius 3 is 2.38 bits per heavy atom. The van der Waals surface area contributed by atoms with Crippen LogP contribution in [0.25, 0.3) is 0 Å². The van der Waals surface area contributed by atoms with Crippen molar-refractivity contribution in [3.8, 4) is 0 Å². The molecular weight excluding hydrogens is 288 g/mol. The summed E-state index contributed by atoms with van der Waals surface area (Å²) in [4.78, 5) is 20.7. The monoisotopic (exact) mass is 304 g/mol. The Balaban J connectivity index is 2.25. The van der Waals surface area contributed by atoms with Gasteiger partial charge in [-0.25, -0.2) is 9.97 Å². The first-order chi connectivity index (χ1) is 9.75. The van der Waals surface area contributed by atoms with Gasteiger partial charge in [-0.1, -0.05) is 32.4 Å². The third kappa shape index (κ3) is 3.92. The van der Waals surface area contributed by atoms with E-state index in [-0.39, 0.29) is 11.3 Å². The summed E-state index contributed by atoms with van der Waals surface area (Å²) in [6, 6.07) is 8.16. The van der Waals surface area contributed by atoms with Gasteiger partial charge in [0.15, 0.2) is 0 Å². The Labute approximate surface area is 128 Å². The molecule has 1 heterocycles. The van der Waals surface area contributed by atoms with Crippen molar-refractivity contribution in [2.45, 2.75) is 26.2 Å². The van der Waals surface area contributed by atoms with E-state index in [0.29, 0.717) is 28.0 Å². The summed E-state index contributed by atoms with van der Waals surface area (Å²) < 4.78 is 0. The van der Waals surface area contributed by atoms with Crippen molar-refractivity contribution < 1.29 is 4.79 Å². The Hall–Kier alpha value is -2.14. The van der Waals surface area contributed by atoms with Crippen molar-refractivity contribution in [2.24, 2.45) is 0 Å². The van der Waals surface area contributed by atoms with E-state index >= 15 is 0 Å². The van der Waals surface area contributed by atoms with E-state index in [2.05, 4.69) is 15.3 Å². The van der Waals surface area contributed by atoms with Crippen LogP contribution >= 0.6 is 11.6 Å². The fourth-order valence-corrected chi connectivity index (χ4v) is 1.82. The molecule has 0 aliphatic heterocycles. The van der Waals surface area contributed by atoms with Crippen molar-refractivity contribution in [3.05, 3.63) is 46.9 Å². The van der Waals surface area contributed by atoms with Crippen LogP contribution in [0, 0.1) is 0 Å². The number of nitrogens with one attached hydrogen (secondary N) is 1. The van der Waals surface area contributed by atoms with Gasteiger partial charge < -0.3 is 11.1 Å². The van der Waals surface area contributed by atoms with Crippen molar-refractivity contribution in [1.82, 2.24) is 9.97 Å². The maximum atomic E-state index is 12.1. The molecule has 0 saturated heterocycles. The number of nitrogens with zero attached hydrogens (tertiary/aromatic N) is 2. The van der Waals surface area contributed by atoms with E-state index in [1.807, 2.05) is 20.8 Å². The van der Waals surface area contributed by atoms with Gasteiger partial charge in [0.2, 0.25) is 0 Å². The Bertz CT molecular complexity index is 662. The second-order valence-electron chi connectivity index (χ2n) is 5.73.